The summed E-state index contributed by atoms with van der Waals surface area (Å²) in [5, 5.41) is 10.3. The molecule has 0 amide bonds. The van der Waals surface area contributed by atoms with Gasteiger partial charge < -0.3 is 4.57 Å². The van der Waals surface area contributed by atoms with Crippen molar-refractivity contribution < 1.29 is 0 Å². The van der Waals surface area contributed by atoms with Crippen molar-refractivity contribution in [3.05, 3.63) is 188 Å². The highest BCUT2D eigenvalue weighted by Gasteiger charge is 2.17. The van der Waals surface area contributed by atoms with E-state index in [-0.39, 0.29) is 0 Å². The Morgan fingerprint density at radius 1 is 0.245 bits per heavy atom. The van der Waals surface area contributed by atoms with E-state index in [9.17, 15) is 0 Å². The molecule has 0 unspecified atom stereocenters. The predicted octanol–water partition coefficient (Wildman–Crippen LogP) is 13.2. The van der Waals surface area contributed by atoms with Gasteiger partial charge in [-0.2, -0.15) is 0 Å². The molecule has 0 saturated carbocycles. The Bertz CT molecular complexity index is 2840. The summed E-state index contributed by atoms with van der Waals surface area (Å²) in [6.07, 6.45) is 0. The maximum atomic E-state index is 2.45. The summed E-state index contributed by atoms with van der Waals surface area (Å²) in [7, 11) is 0. The zero-order valence-electron chi connectivity index (χ0n) is 26.8. The number of fused-ring (bicyclic) bond motifs is 9. The Labute approximate surface area is 284 Å². The van der Waals surface area contributed by atoms with Crippen molar-refractivity contribution >= 4 is 54.1 Å². The van der Waals surface area contributed by atoms with Crippen LogP contribution in [0.1, 0.15) is 0 Å². The van der Waals surface area contributed by atoms with Crippen molar-refractivity contribution in [2.24, 2.45) is 0 Å². The average molecular weight is 622 g/mol. The van der Waals surface area contributed by atoms with Crippen molar-refractivity contribution in [3.63, 3.8) is 0 Å². The molecule has 0 aliphatic rings. The van der Waals surface area contributed by atoms with Crippen molar-refractivity contribution in [3.8, 4) is 39.1 Å². The molecule has 228 valence electrons. The minimum atomic E-state index is 1.17. The van der Waals surface area contributed by atoms with Crippen molar-refractivity contribution in [1.29, 1.82) is 0 Å². The molecule has 1 heteroatoms. The van der Waals surface area contributed by atoms with E-state index in [4.69, 9.17) is 0 Å². The van der Waals surface area contributed by atoms with Crippen LogP contribution in [0, 0.1) is 0 Å². The summed E-state index contributed by atoms with van der Waals surface area (Å²) in [6, 6.07) is 68.7. The molecule has 1 heterocycles. The normalized spacial score (nSPS) is 11.7. The summed E-state index contributed by atoms with van der Waals surface area (Å²) in [5.74, 6) is 0. The highest BCUT2D eigenvalue weighted by atomic mass is 15.0. The van der Waals surface area contributed by atoms with Crippen LogP contribution in [-0.2, 0) is 0 Å². The third-order valence-electron chi connectivity index (χ3n) is 10.2. The van der Waals surface area contributed by atoms with Crippen molar-refractivity contribution in [2.45, 2.75) is 0 Å². The summed E-state index contributed by atoms with van der Waals surface area (Å²) >= 11 is 0. The number of aromatic nitrogens is 1. The van der Waals surface area contributed by atoms with Gasteiger partial charge in [-0.15, -0.1) is 0 Å². The summed E-state index contributed by atoms with van der Waals surface area (Å²) < 4.78 is 2.45. The summed E-state index contributed by atoms with van der Waals surface area (Å²) in [6.45, 7) is 0. The minimum absolute atomic E-state index is 1.17. The molecule has 0 N–H and O–H groups in total. The number of hydrogen-bond donors (Lipinski definition) is 0. The largest absolute Gasteiger partial charge is 0.309 e. The molecule has 9 aromatic carbocycles. The van der Waals surface area contributed by atoms with Gasteiger partial charge in [-0.05, 0) is 90.5 Å². The lowest BCUT2D eigenvalue weighted by Gasteiger charge is -2.16. The Morgan fingerprint density at radius 2 is 0.735 bits per heavy atom. The molecule has 49 heavy (non-hydrogen) atoms. The zero-order valence-corrected chi connectivity index (χ0v) is 26.8. The lowest BCUT2D eigenvalue weighted by atomic mass is 9.91. The van der Waals surface area contributed by atoms with E-state index in [0.717, 1.165) is 0 Å². The van der Waals surface area contributed by atoms with Gasteiger partial charge in [0.15, 0.2) is 0 Å². The SMILES string of the molecule is c1ccc(-c2ccc3c4ccccc4n(-c4ccccc4-c4cccc(-c5ccc6c7ccccc7c7ccccc7c6c5)c4)c3c2)cc1. The van der Waals surface area contributed by atoms with E-state index in [2.05, 4.69) is 193 Å². The minimum Gasteiger partial charge on any atom is -0.309 e. The quantitative estimate of drug-likeness (QED) is 0.172. The molecular formula is C48H31N. The van der Waals surface area contributed by atoms with E-state index < -0.39 is 0 Å². The molecule has 0 spiro atoms. The standard InChI is InChI=1S/C48H31N/c1-2-13-32(14-3-1)35-26-28-44-43-22-9-11-24-47(43)49(48(44)31-35)46-23-10-8-17-37(46)36-16-12-15-33(29-36)34-25-27-42-40-20-5-4-18-38(40)39-19-6-7-21-41(39)45(42)30-34/h1-31H. The van der Waals surface area contributed by atoms with Crippen LogP contribution in [0.15, 0.2) is 188 Å². The monoisotopic (exact) mass is 621 g/mol. The van der Waals surface area contributed by atoms with Crippen molar-refractivity contribution in [1.82, 2.24) is 4.57 Å². The first-order valence-electron chi connectivity index (χ1n) is 16.9. The maximum absolute atomic E-state index is 2.45. The number of benzene rings is 9. The second-order valence-corrected chi connectivity index (χ2v) is 12.9. The highest BCUT2D eigenvalue weighted by Crippen LogP contribution is 2.40. The number of para-hydroxylation sites is 2. The summed E-state index contributed by atoms with van der Waals surface area (Å²) in [4.78, 5) is 0. The lowest BCUT2D eigenvalue weighted by molar-refractivity contribution is 1.18. The smallest absolute Gasteiger partial charge is 0.0547 e. The molecule has 0 bridgehead atoms. The molecule has 1 aromatic heterocycles. The number of nitrogens with zero attached hydrogens (tertiary/aromatic N) is 1. The van der Waals surface area contributed by atoms with Gasteiger partial charge in [0, 0.05) is 16.3 Å². The second-order valence-electron chi connectivity index (χ2n) is 12.9. The first-order chi connectivity index (χ1) is 24.3. The molecule has 1 nitrogen and oxygen atoms in total. The lowest BCUT2D eigenvalue weighted by Crippen LogP contribution is -1.97. The zero-order chi connectivity index (χ0) is 32.3. The fraction of sp³-hybridized carbons (Fsp3) is 0. The Kier molecular flexibility index (Phi) is 6.25. The molecule has 10 rings (SSSR count). The molecule has 0 atom stereocenters. The predicted molar refractivity (Wildman–Crippen MR) is 210 cm³/mol. The van der Waals surface area contributed by atoms with Gasteiger partial charge in [-0.25, -0.2) is 0 Å². The highest BCUT2D eigenvalue weighted by molar-refractivity contribution is 6.25. The van der Waals surface area contributed by atoms with E-state index in [1.807, 2.05) is 0 Å². The molecule has 0 aliphatic carbocycles. The summed E-state index contributed by atoms with van der Waals surface area (Å²) in [5.41, 5.74) is 10.9. The van der Waals surface area contributed by atoms with E-state index in [1.165, 1.54) is 93.2 Å². The molecule has 0 radical (unpaired) electrons. The van der Waals surface area contributed by atoms with Crippen LogP contribution >= 0.6 is 0 Å². The van der Waals surface area contributed by atoms with Gasteiger partial charge in [0.1, 0.15) is 0 Å². The Balaban J connectivity index is 1.16. The topological polar surface area (TPSA) is 4.93 Å². The van der Waals surface area contributed by atoms with E-state index in [1.54, 1.807) is 0 Å². The van der Waals surface area contributed by atoms with Crippen LogP contribution in [0.2, 0.25) is 0 Å². The first-order valence-corrected chi connectivity index (χ1v) is 16.9. The molecule has 0 saturated heterocycles. The Morgan fingerprint density at radius 3 is 1.49 bits per heavy atom. The fourth-order valence-corrected chi connectivity index (χ4v) is 7.91. The van der Waals surface area contributed by atoms with Gasteiger partial charge in [0.05, 0.1) is 16.7 Å². The van der Waals surface area contributed by atoms with Crippen LogP contribution < -0.4 is 0 Å². The van der Waals surface area contributed by atoms with Crippen LogP contribution in [0.3, 0.4) is 0 Å². The third-order valence-corrected chi connectivity index (χ3v) is 10.2. The van der Waals surface area contributed by atoms with Gasteiger partial charge in [0.25, 0.3) is 0 Å². The van der Waals surface area contributed by atoms with Crippen LogP contribution in [-0.4, -0.2) is 4.57 Å². The molecule has 10 aromatic rings. The molecule has 0 fully saturated rings. The maximum Gasteiger partial charge on any atom is 0.0547 e. The van der Waals surface area contributed by atoms with E-state index in [0.29, 0.717) is 0 Å². The van der Waals surface area contributed by atoms with Gasteiger partial charge >= 0.3 is 0 Å². The Hall–Kier alpha value is -6.44. The van der Waals surface area contributed by atoms with Gasteiger partial charge in [-0.1, -0.05) is 158 Å². The van der Waals surface area contributed by atoms with Gasteiger partial charge in [0.2, 0.25) is 0 Å². The van der Waals surface area contributed by atoms with Crippen LogP contribution in [0.25, 0.3) is 93.2 Å². The number of rotatable bonds is 4. The second kappa shape index (κ2) is 11.1. The van der Waals surface area contributed by atoms with Crippen LogP contribution in [0.4, 0.5) is 0 Å². The average Bonchev–Trinajstić information content (AvgIpc) is 3.52. The van der Waals surface area contributed by atoms with E-state index >= 15 is 0 Å². The third kappa shape index (κ3) is 4.40. The van der Waals surface area contributed by atoms with Gasteiger partial charge in [-0.3, -0.25) is 0 Å². The first kappa shape index (κ1) is 27.7. The van der Waals surface area contributed by atoms with Crippen molar-refractivity contribution in [2.75, 3.05) is 0 Å². The molecular weight excluding hydrogens is 591 g/mol. The van der Waals surface area contributed by atoms with Crippen LogP contribution in [0.5, 0.6) is 0 Å². The molecule has 0 aliphatic heterocycles. The number of hydrogen-bond acceptors (Lipinski definition) is 0. The fourth-order valence-electron chi connectivity index (χ4n) is 7.91.